The Hall–Kier alpha value is -2.53. The number of carbonyl (C=O) groups excluding carboxylic acids is 2. The van der Waals surface area contributed by atoms with E-state index in [1.807, 2.05) is 25.1 Å². The van der Waals surface area contributed by atoms with Crippen LogP contribution < -0.4 is 10.1 Å². The molecule has 0 aliphatic carbocycles. The Kier molecular flexibility index (Phi) is 6.42. The average molecular weight is 362 g/mol. The fourth-order valence-electron chi connectivity index (χ4n) is 2.12. The van der Waals surface area contributed by atoms with E-state index in [1.54, 1.807) is 32.0 Å². The Morgan fingerprint density at radius 1 is 1.20 bits per heavy atom. The highest BCUT2D eigenvalue weighted by Crippen LogP contribution is 2.24. The van der Waals surface area contributed by atoms with Crippen molar-refractivity contribution in [2.24, 2.45) is 0 Å². The molecule has 0 fully saturated rings. The van der Waals surface area contributed by atoms with Crippen molar-refractivity contribution < 1.29 is 19.1 Å². The third-order valence-corrected chi connectivity index (χ3v) is 3.82. The maximum Gasteiger partial charge on any atom is 0.338 e. The van der Waals surface area contributed by atoms with Crippen LogP contribution in [-0.2, 0) is 9.53 Å². The monoisotopic (exact) mass is 361 g/mol. The van der Waals surface area contributed by atoms with E-state index in [4.69, 9.17) is 21.1 Å². The van der Waals surface area contributed by atoms with E-state index in [1.165, 1.54) is 6.07 Å². The fraction of sp³-hybridized carbons (Fsp3) is 0.263. The number of nitrogens with one attached hydrogen (secondary N) is 1. The van der Waals surface area contributed by atoms with Gasteiger partial charge in [0.25, 0.3) is 5.91 Å². The first-order valence-electron chi connectivity index (χ1n) is 7.92. The van der Waals surface area contributed by atoms with Crippen molar-refractivity contribution in [1.82, 2.24) is 0 Å². The molecule has 0 unspecified atom stereocenters. The predicted molar refractivity (Wildman–Crippen MR) is 97.3 cm³/mol. The number of esters is 1. The summed E-state index contributed by atoms with van der Waals surface area (Å²) in [5, 5.41) is 2.95. The zero-order valence-electron chi connectivity index (χ0n) is 14.3. The highest BCUT2D eigenvalue weighted by molar-refractivity contribution is 6.34. The number of hydrogen-bond donors (Lipinski definition) is 1. The first kappa shape index (κ1) is 18.8. The number of benzene rings is 2. The molecule has 0 aliphatic rings. The Morgan fingerprint density at radius 2 is 1.92 bits per heavy atom. The van der Waals surface area contributed by atoms with Crippen LogP contribution >= 0.6 is 11.6 Å². The first-order chi connectivity index (χ1) is 11.9. The summed E-state index contributed by atoms with van der Waals surface area (Å²) in [6.45, 7) is 5.57. The Balaban J connectivity index is 2.04. The van der Waals surface area contributed by atoms with Gasteiger partial charge in [-0.05, 0) is 50.6 Å². The lowest BCUT2D eigenvalue weighted by molar-refractivity contribution is -0.122. The molecule has 0 aliphatic heterocycles. The van der Waals surface area contributed by atoms with Gasteiger partial charge in [0.15, 0.2) is 6.10 Å². The molecule has 0 spiro atoms. The van der Waals surface area contributed by atoms with Crippen molar-refractivity contribution in [2.75, 3.05) is 11.9 Å². The van der Waals surface area contributed by atoms with Crippen LogP contribution in [0.5, 0.6) is 5.75 Å². The van der Waals surface area contributed by atoms with Gasteiger partial charge < -0.3 is 14.8 Å². The molecule has 0 aromatic heterocycles. The summed E-state index contributed by atoms with van der Waals surface area (Å²) < 4.78 is 10.6. The third kappa shape index (κ3) is 4.97. The van der Waals surface area contributed by atoms with Crippen molar-refractivity contribution >= 4 is 29.2 Å². The lowest BCUT2D eigenvalue weighted by atomic mass is 10.2. The highest BCUT2D eigenvalue weighted by atomic mass is 35.5. The molecule has 2 aromatic rings. The summed E-state index contributed by atoms with van der Waals surface area (Å²) in [5.41, 5.74) is 1.67. The molecule has 0 heterocycles. The van der Waals surface area contributed by atoms with Crippen LogP contribution in [0.1, 0.15) is 29.8 Å². The maximum atomic E-state index is 12.3. The highest BCUT2D eigenvalue weighted by Gasteiger charge is 2.18. The molecular weight excluding hydrogens is 342 g/mol. The van der Waals surface area contributed by atoms with Gasteiger partial charge in [0.05, 0.1) is 22.9 Å². The fourth-order valence-corrected chi connectivity index (χ4v) is 2.35. The Bertz CT molecular complexity index is 776. The normalized spacial score (nSPS) is 11.5. The molecule has 1 amide bonds. The molecule has 0 radical (unpaired) electrons. The van der Waals surface area contributed by atoms with Crippen LogP contribution in [0.4, 0.5) is 5.69 Å². The van der Waals surface area contributed by atoms with Gasteiger partial charge >= 0.3 is 5.97 Å². The third-order valence-electron chi connectivity index (χ3n) is 3.50. The minimum absolute atomic E-state index is 0.252. The van der Waals surface area contributed by atoms with Gasteiger partial charge in [-0.25, -0.2) is 4.79 Å². The molecule has 1 N–H and O–H groups in total. The van der Waals surface area contributed by atoms with Gasteiger partial charge in [0, 0.05) is 0 Å². The van der Waals surface area contributed by atoms with E-state index in [0.29, 0.717) is 17.0 Å². The van der Waals surface area contributed by atoms with Gasteiger partial charge in [-0.3, -0.25) is 4.79 Å². The number of rotatable bonds is 6. The van der Waals surface area contributed by atoms with Crippen LogP contribution in [0, 0.1) is 6.92 Å². The smallest absolute Gasteiger partial charge is 0.338 e. The summed E-state index contributed by atoms with van der Waals surface area (Å²) >= 11 is 6.14. The van der Waals surface area contributed by atoms with Crippen molar-refractivity contribution in [3.8, 4) is 5.75 Å². The van der Waals surface area contributed by atoms with Gasteiger partial charge in [0.2, 0.25) is 0 Å². The number of ether oxygens (including phenoxy) is 2. The molecule has 2 rings (SSSR count). The predicted octanol–water partition coefficient (Wildman–Crippen LogP) is 4.23. The summed E-state index contributed by atoms with van der Waals surface area (Å²) in [6.07, 6.45) is -0.707. The topological polar surface area (TPSA) is 64.6 Å². The molecule has 1 atom stereocenters. The van der Waals surface area contributed by atoms with E-state index in [-0.39, 0.29) is 17.5 Å². The number of para-hydroxylation sites is 1. The van der Waals surface area contributed by atoms with E-state index in [0.717, 1.165) is 5.56 Å². The van der Waals surface area contributed by atoms with E-state index in [2.05, 4.69) is 5.32 Å². The molecule has 25 heavy (non-hydrogen) atoms. The van der Waals surface area contributed by atoms with Gasteiger partial charge in [0.1, 0.15) is 5.75 Å². The summed E-state index contributed by atoms with van der Waals surface area (Å²) in [4.78, 5) is 24.0. The Morgan fingerprint density at radius 3 is 2.56 bits per heavy atom. The van der Waals surface area contributed by atoms with Crippen molar-refractivity contribution in [3.05, 3.63) is 58.6 Å². The van der Waals surface area contributed by atoms with Crippen LogP contribution in [0.15, 0.2) is 42.5 Å². The number of amides is 1. The molecule has 0 saturated carbocycles. The zero-order chi connectivity index (χ0) is 18.4. The molecule has 0 bridgehead atoms. The zero-order valence-corrected chi connectivity index (χ0v) is 15.1. The standard InChI is InChI=1S/C19H20ClNO4/c1-4-24-19(23)14-9-10-16(15(20)11-14)21-18(22)13(3)25-17-8-6-5-7-12(17)2/h5-11,13H,4H2,1-3H3,(H,21,22)/t13-/m0/s1. The van der Waals surface area contributed by atoms with Crippen LogP contribution in [0.25, 0.3) is 0 Å². The van der Waals surface area contributed by atoms with Gasteiger partial charge in [-0.1, -0.05) is 29.8 Å². The molecule has 5 nitrogen and oxygen atoms in total. The summed E-state index contributed by atoms with van der Waals surface area (Å²) in [7, 11) is 0. The number of aryl methyl sites for hydroxylation is 1. The second-order valence-corrected chi connectivity index (χ2v) is 5.84. The molecule has 132 valence electrons. The van der Waals surface area contributed by atoms with Crippen LogP contribution in [-0.4, -0.2) is 24.6 Å². The number of anilines is 1. The first-order valence-corrected chi connectivity index (χ1v) is 8.30. The molecule has 0 saturated heterocycles. The number of hydrogen-bond acceptors (Lipinski definition) is 4. The molecular formula is C19H20ClNO4. The van der Waals surface area contributed by atoms with Crippen LogP contribution in [0.3, 0.4) is 0 Å². The lowest BCUT2D eigenvalue weighted by Crippen LogP contribution is -2.30. The minimum Gasteiger partial charge on any atom is -0.481 e. The summed E-state index contributed by atoms with van der Waals surface area (Å²) in [6, 6.07) is 12.0. The van der Waals surface area contributed by atoms with Gasteiger partial charge in [-0.2, -0.15) is 0 Å². The SMILES string of the molecule is CCOC(=O)c1ccc(NC(=O)[C@H](C)Oc2ccccc2C)c(Cl)c1. The molecule has 6 heteroatoms. The Labute approximate surface area is 151 Å². The minimum atomic E-state index is -0.707. The quantitative estimate of drug-likeness (QED) is 0.782. The van der Waals surface area contributed by atoms with E-state index >= 15 is 0 Å². The van der Waals surface area contributed by atoms with Crippen molar-refractivity contribution in [1.29, 1.82) is 0 Å². The molecule has 2 aromatic carbocycles. The van der Waals surface area contributed by atoms with E-state index < -0.39 is 12.1 Å². The second kappa shape index (κ2) is 8.53. The number of carbonyl (C=O) groups is 2. The second-order valence-electron chi connectivity index (χ2n) is 5.43. The van der Waals surface area contributed by atoms with Crippen molar-refractivity contribution in [3.63, 3.8) is 0 Å². The van der Waals surface area contributed by atoms with Crippen LogP contribution in [0.2, 0.25) is 5.02 Å². The van der Waals surface area contributed by atoms with Crippen molar-refractivity contribution in [2.45, 2.75) is 26.9 Å². The lowest BCUT2D eigenvalue weighted by Gasteiger charge is -2.17. The largest absolute Gasteiger partial charge is 0.481 e. The van der Waals surface area contributed by atoms with E-state index in [9.17, 15) is 9.59 Å². The summed E-state index contributed by atoms with van der Waals surface area (Å²) in [5.74, 6) is -0.151. The maximum absolute atomic E-state index is 12.3. The average Bonchev–Trinajstić information content (AvgIpc) is 2.58. The number of halogens is 1. The van der Waals surface area contributed by atoms with Gasteiger partial charge in [-0.15, -0.1) is 0 Å².